The number of nitrogens with zero attached hydrogens (tertiary/aromatic N) is 1. The van der Waals surface area contributed by atoms with Crippen molar-refractivity contribution in [2.75, 3.05) is 26.2 Å². The summed E-state index contributed by atoms with van der Waals surface area (Å²) in [5, 5.41) is 0. The summed E-state index contributed by atoms with van der Waals surface area (Å²) in [6.45, 7) is 12.2. The number of fused-ring (bicyclic) bond motifs is 1. The summed E-state index contributed by atoms with van der Waals surface area (Å²) < 4.78 is 6.71. The number of carbonyl (C=O) groups excluding carboxylic acids is 1. The molecule has 116 valence electrons. The van der Waals surface area contributed by atoms with Gasteiger partial charge >= 0.3 is 5.97 Å². The van der Waals surface area contributed by atoms with Crippen molar-refractivity contribution in [1.29, 1.82) is 0 Å². The smallest absolute Gasteiger partial charge is 0.333 e. The van der Waals surface area contributed by atoms with Gasteiger partial charge < -0.3 is 33.2 Å². The molecule has 0 aliphatic carbocycles. The molecule has 0 radical (unpaired) electrons. The quantitative estimate of drug-likeness (QED) is 0.289. The number of hydrogen-bond donors (Lipinski definition) is 0. The second-order valence-corrected chi connectivity index (χ2v) is 6.33. The van der Waals surface area contributed by atoms with E-state index in [1.807, 2.05) is 0 Å². The molecule has 0 bridgehead atoms. The normalized spacial score (nSPS) is 32.7. The minimum atomic E-state index is -0.226. The van der Waals surface area contributed by atoms with Crippen LogP contribution in [0.25, 0.3) is 0 Å². The number of ether oxygens (including phenoxy) is 1. The molecule has 3 atom stereocenters. The van der Waals surface area contributed by atoms with Crippen LogP contribution in [0.4, 0.5) is 0 Å². The molecule has 0 aromatic heterocycles. The first kappa shape index (κ1) is 18.0. The topological polar surface area (TPSA) is 26.3 Å². The van der Waals surface area contributed by atoms with E-state index in [-0.39, 0.29) is 29.9 Å². The molecule has 2 fully saturated rings. The molecule has 3 nitrogen and oxygen atoms in total. The van der Waals surface area contributed by atoms with Gasteiger partial charge in [0.2, 0.25) is 0 Å². The first-order chi connectivity index (χ1) is 9.09. The number of rotatable bonds is 4. The molecule has 0 amide bonds. The molecule has 2 aliphatic heterocycles. The molecule has 0 saturated carbocycles. The average molecular weight is 393 g/mol. The Kier molecular flexibility index (Phi) is 6.98. The monoisotopic (exact) mass is 393 g/mol. The van der Waals surface area contributed by atoms with Crippen LogP contribution in [-0.2, 0) is 9.53 Å². The summed E-state index contributed by atoms with van der Waals surface area (Å²) in [7, 11) is 0. The van der Waals surface area contributed by atoms with Gasteiger partial charge in [0, 0.05) is 17.9 Å². The molecule has 2 heterocycles. The number of piperidine rings is 2. The van der Waals surface area contributed by atoms with E-state index >= 15 is 0 Å². The van der Waals surface area contributed by atoms with E-state index in [0.717, 1.165) is 0 Å². The highest BCUT2D eigenvalue weighted by atomic mass is 127. The summed E-state index contributed by atoms with van der Waals surface area (Å²) in [4.78, 5) is 11.6. The fourth-order valence-electron chi connectivity index (χ4n) is 4.09. The Morgan fingerprint density at radius 1 is 1.25 bits per heavy atom. The first-order valence-electron chi connectivity index (χ1n) is 7.77. The minimum absolute atomic E-state index is 0. The number of halogens is 1. The van der Waals surface area contributed by atoms with Crippen LogP contribution in [0.1, 0.15) is 46.0 Å². The molecular weight excluding hydrogens is 365 g/mol. The van der Waals surface area contributed by atoms with E-state index in [1.54, 1.807) is 6.92 Å². The van der Waals surface area contributed by atoms with Gasteiger partial charge in [-0.25, -0.2) is 4.79 Å². The fourth-order valence-corrected chi connectivity index (χ4v) is 4.09. The Morgan fingerprint density at radius 2 is 1.95 bits per heavy atom. The van der Waals surface area contributed by atoms with Gasteiger partial charge in [0.1, 0.15) is 6.61 Å². The molecule has 2 saturated heterocycles. The lowest BCUT2D eigenvalue weighted by atomic mass is 9.81. The van der Waals surface area contributed by atoms with E-state index < -0.39 is 0 Å². The van der Waals surface area contributed by atoms with Gasteiger partial charge in [-0.3, -0.25) is 0 Å². The average Bonchev–Trinajstić information content (AvgIpc) is 2.44. The van der Waals surface area contributed by atoms with Gasteiger partial charge in [0.25, 0.3) is 0 Å². The van der Waals surface area contributed by atoms with Gasteiger partial charge in [0.05, 0.1) is 25.7 Å². The van der Waals surface area contributed by atoms with Gasteiger partial charge in [-0.2, -0.15) is 0 Å². The maximum Gasteiger partial charge on any atom is 0.333 e. The SMILES string of the molecule is C=C(C)C(=O)OC[C@H]1CCC[N@@+]2(CC)CCCC[C@@H]12.[I-]. The van der Waals surface area contributed by atoms with E-state index in [0.29, 0.717) is 24.1 Å². The van der Waals surface area contributed by atoms with Crippen molar-refractivity contribution in [2.45, 2.75) is 52.0 Å². The van der Waals surface area contributed by atoms with Crippen molar-refractivity contribution in [3.63, 3.8) is 0 Å². The lowest BCUT2D eigenvalue weighted by Gasteiger charge is -2.53. The second kappa shape index (κ2) is 7.78. The second-order valence-electron chi connectivity index (χ2n) is 6.33. The summed E-state index contributed by atoms with van der Waals surface area (Å²) in [5.74, 6) is 0.327. The highest BCUT2D eigenvalue weighted by molar-refractivity contribution is 5.86. The van der Waals surface area contributed by atoms with Crippen molar-refractivity contribution in [3.8, 4) is 0 Å². The molecule has 4 heteroatoms. The predicted octanol–water partition coefficient (Wildman–Crippen LogP) is -0.0911. The Hall–Kier alpha value is -0.100. The summed E-state index contributed by atoms with van der Waals surface area (Å²) >= 11 is 0. The summed E-state index contributed by atoms with van der Waals surface area (Å²) in [6, 6.07) is 0.713. The first-order valence-corrected chi connectivity index (χ1v) is 7.77. The number of carbonyl (C=O) groups is 1. The van der Waals surface area contributed by atoms with Gasteiger partial charge in [-0.15, -0.1) is 0 Å². The van der Waals surface area contributed by atoms with E-state index in [4.69, 9.17) is 4.74 Å². The Balaban J connectivity index is 0.00000200. The van der Waals surface area contributed by atoms with Crippen molar-refractivity contribution < 1.29 is 38.0 Å². The Bertz CT molecular complexity index is 354. The highest BCUT2D eigenvalue weighted by Gasteiger charge is 2.45. The highest BCUT2D eigenvalue weighted by Crippen LogP contribution is 2.37. The van der Waals surface area contributed by atoms with Crippen LogP contribution in [0.15, 0.2) is 12.2 Å². The van der Waals surface area contributed by atoms with Crippen LogP contribution in [0.5, 0.6) is 0 Å². The molecule has 2 aliphatic rings. The summed E-state index contributed by atoms with van der Waals surface area (Å²) in [5.41, 5.74) is 0.510. The standard InChI is InChI=1S/C16H28NO2.HI/c1-4-17-10-6-5-9-15(17)14(8-7-11-17)12-19-16(18)13(2)3;/h14-15H,2,4-12H2,1,3H3;1H/q+1;/p-1/t14-,15+,17-;/m1./s1. The van der Waals surface area contributed by atoms with Crippen molar-refractivity contribution >= 4 is 5.97 Å². The summed E-state index contributed by atoms with van der Waals surface area (Å²) in [6.07, 6.45) is 6.51. The molecule has 0 N–H and O–H groups in total. The maximum atomic E-state index is 11.6. The van der Waals surface area contributed by atoms with E-state index in [2.05, 4.69) is 13.5 Å². The molecule has 20 heavy (non-hydrogen) atoms. The molecule has 0 aromatic carbocycles. The Labute approximate surface area is 140 Å². The van der Waals surface area contributed by atoms with Crippen LogP contribution in [0.3, 0.4) is 0 Å². The van der Waals surface area contributed by atoms with Gasteiger partial charge in [-0.05, 0) is 39.5 Å². The van der Waals surface area contributed by atoms with Crippen molar-refractivity contribution in [2.24, 2.45) is 5.92 Å². The zero-order chi connectivity index (χ0) is 13.9. The van der Waals surface area contributed by atoms with Crippen LogP contribution >= 0.6 is 0 Å². The zero-order valence-electron chi connectivity index (χ0n) is 12.9. The van der Waals surface area contributed by atoms with Crippen LogP contribution in [0, 0.1) is 5.92 Å². The predicted molar refractivity (Wildman–Crippen MR) is 76.7 cm³/mol. The lowest BCUT2D eigenvalue weighted by Crippen LogP contribution is -3.00. The minimum Gasteiger partial charge on any atom is -1.00 e. The molecule has 2 rings (SSSR count). The van der Waals surface area contributed by atoms with E-state index in [9.17, 15) is 4.79 Å². The molecular formula is C16H28INO2. The zero-order valence-corrected chi connectivity index (χ0v) is 15.0. The van der Waals surface area contributed by atoms with Crippen LogP contribution < -0.4 is 24.0 Å². The number of quaternary nitrogens is 1. The third-order valence-electron chi connectivity index (χ3n) is 5.19. The lowest BCUT2D eigenvalue weighted by molar-refractivity contribution is -0.962. The molecule has 0 unspecified atom stereocenters. The third kappa shape index (κ3) is 3.75. The van der Waals surface area contributed by atoms with Crippen LogP contribution in [0.2, 0.25) is 0 Å². The van der Waals surface area contributed by atoms with Crippen LogP contribution in [-0.4, -0.2) is 42.7 Å². The maximum absolute atomic E-state index is 11.6. The van der Waals surface area contributed by atoms with E-state index in [1.165, 1.54) is 56.2 Å². The number of esters is 1. The van der Waals surface area contributed by atoms with Gasteiger partial charge in [-0.1, -0.05) is 6.58 Å². The molecule has 0 aromatic rings. The van der Waals surface area contributed by atoms with Crippen molar-refractivity contribution in [3.05, 3.63) is 12.2 Å². The largest absolute Gasteiger partial charge is 1.00 e. The third-order valence-corrected chi connectivity index (χ3v) is 5.19. The van der Waals surface area contributed by atoms with Gasteiger partial charge in [0.15, 0.2) is 0 Å². The number of hydrogen-bond acceptors (Lipinski definition) is 2. The molecule has 0 spiro atoms. The van der Waals surface area contributed by atoms with Crippen molar-refractivity contribution in [1.82, 2.24) is 0 Å². The fraction of sp³-hybridized carbons (Fsp3) is 0.812. The Morgan fingerprint density at radius 3 is 2.60 bits per heavy atom.